The second-order valence-electron chi connectivity index (χ2n) is 5.87. The summed E-state index contributed by atoms with van der Waals surface area (Å²) >= 11 is 3.43. The van der Waals surface area contributed by atoms with E-state index in [1.165, 1.54) is 11.1 Å². The van der Waals surface area contributed by atoms with Crippen LogP contribution in [-0.4, -0.2) is 11.4 Å². The molecule has 0 bridgehead atoms. The molecule has 2 atom stereocenters. The van der Waals surface area contributed by atoms with Crippen LogP contribution in [0.3, 0.4) is 0 Å². The fourth-order valence-corrected chi connectivity index (χ4v) is 2.72. The maximum Gasteiger partial charge on any atom is 0.0792 e. The van der Waals surface area contributed by atoms with Gasteiger partial charge in [0.05, 0.1) is 12.7 Å². The SMILES string of the molecule is CC(C/C=C/CBr)[C@H](/C=C/c1ccccc1)OCc1ccccc1. The maximum atomic E-state index is 6.21. The molecule has 0 spiro atoms. The lowest BCUT2D eigenvalue weighted by atomic mass is 9.99. The fourth-order valence-electron chi connectivity index (χ4n) is 2.45. The zero-order chi connectivity index (χ0) is 17.0. The zero-order valence-corrected chi connectivity index (χ0v) is 15.7. The highest BCUT2D eigenvalue weighted by molar-refractivity contribution is 9.09. The number of halogens is 1. The number of allylic oxidation sites excluding steroid dienone is 2. The van der Waals surface area contributed by atoms with Gasteiger partial charge in [0, 0.05) is 5.33 Å². The summed E-state index contributed by atoms with van der Waals surface area (Å²) in [6.07, 6.45) is 9.79. The second kappa shape index (κ2) is 11.0. The molecule has 126 valence electrons. The molecule has 2 heteroatoms. The Kier molecular flexibility index (Phi) is 8.58. The molecule has 0 aliphatic rings. The molecule has 2 rings (SSSR count). The first-order valence-corrected chi connectivity index (χ1v) is 9.51. The van der Waals surface area contributed by atoms with Gasteiger partial charge in [-0.2, -0.15) is 0 Å². The van der Waals surface area contributed by atoms with Gasteiger partial charge < -0.3 is 4.74 Å². The van der Waals surface area contributed by atoms with Crippen LogP contribution in [0, 0.1) is 5.92 Å². The lowest BCUT2D eigenvalue weighted by Crippen LogP contribution is -2.19. The number of rotatable bonds is 9. The van der Waals surface area contributed by atoms with Gasteiger partial charge in [-0.1, -0.05) is 108 Å². The Morgan fingerprint density at radius 3 is 2.29 bits per heavy atom. The zero-order valence-electron chi connectivity index (χ0n) is 14.1. The number of hydrogen-bond donors (Lipinski definition) is 0. The van der Waals surface area contributed by atoms with Crippen molar-refractivity contribution in [1.29, 1.82) is 0 Å². The van der Waals surface area contributed by atoms with E-state index in [0.29, 0.717) is 12.5 Å². The van der Waals surface area contributed by atoms with Crippen molar-refractivity contribution in [3.05, 3.63) is 90.0 Å². The van der Waals surface area contributed by atoms with Crippen molar-refractivity contribution in [3.63, 3.8) is 0 Å². The summed E-state index contributed by atoms with van der Waals surface area (Å²) in [7, 11) is 0. The van der Waals surface area contributed by atoms with Crippen LogP contribution in [0.1, 0.15) is 24.5 Å². The molecule has 1 unspecified atom stereocenters. The molecule has 0 aliphatic heterocycles. The molecule has 0 aromatic heterocycles. The predicted octanol–water partition coefficient (Wildman–Crippen LogP) is 6.26. The molecule has 0 saturated heterocycles. The number of benzene rings is 2. The number of hydrogen-bond acceptors (Lipinski definition) is 1. The molecule has 0 amide bonds. The van der Waals surface area contributed by atoms with E-state index in [1.807, 2.05) is 12.1 Å². The third kappa shape index (κ3) is 6.86. The summed E-state index contributed by atoms with van der Waals surface area (Å²) in [6, 6.07) is 20.7. The Labute approximate surface area is 154 Å². The van der Waals surface area contributed by atoms with Crippen LogP contribution in [0.15, 0.2) is 78.9 Å². The molecule has 2 aromatic rings. The van der Waals surface area contributed by atoms with Crippen LogP contribution in [-0.2, 0) is 11.3 Å². The van der Waals surface area contributed by atoms with Gasteiger partial charge >= 0.3 is 0 Å². The summed E-state index contributed by atoms with van der Waals surface area (Å²) in [6.45, 7) is 2.88. The van der Waals surface area contributed by atoms with Crippen molar-refractivity contribution in [1.82, 2.24) is 0 Å². The van der Waals surface area contributed by atoms with Crippen molar-refractivity contribution in [2.45, 2.75) is 26.1 Å². The minimum Gasteiger partial charge on any atom is -0.369 e. The maximum absolute atomic E-state index is 6.21. The fraction of sp³-hybridized carbons (Fsp3) is 0.273. The van der Waals surface area contributed by atoms with Crippen LogP contribution in [0.25, 0.3) is 6.08 Å². The smallest absolute Gasteiger partial charge is 0.0792 e. The summed E-state index contributed by atoms with van der Waals surface area (Å²) < 4.78 is 6.21. The third-order valence-corrected chi connectivity index (χ3v) is 4.26. The van der Waals surface area contributed by atoms with Gasteiger partial charge in [0.2, 0.25) is 0 Å². The highest BCUT2D eigenvalue weighted by Crippen LogP contribution is 2.18. The number of ether oxygens (including phenoxy) is 1. The molecule has 0 N–H and O–H groups in total. The first kappa shape index (κ1) is 18.7. The van der Waals surface area contributed by atoms with Crippen LogP contribution in [0.5, 0.6) is 0 Å². The summed E-state index contributed by atoms with van der Waals surface area (Å²) in [5.41, 5.74) is 2.41. The van der Waals surface area contributed by atoms with Crippen LogP contribution >= 0.6 is 15.9 Å². The van der Waals surface area contributed by atoms with Crippen LogP contribution in [0.2, 0.25) is 0 Å². The van der Waals surface area contributed by atoms with Gasteiger partial charge in [0.15, 0.2) is 0 Å². The molecule has 0 fully saturated rings. The minimum atomic E-state index is 0.0883. The average Bonchev–Trinajstić information content (AvgIpc) is 2.63. The molecule has 0 aliphatic carbocycles. The van der Waals surface area contributed by atoms with Gasteiger partial charge in [-0.15, -0.1) is 0 Å². The van der Waals surface area contributed by atoms with Gasteiger partial charge in [-0.25, -0.2) is 0 Å². The third-order valence-electron chi connectivity index (χ3n) is 3.89. The first-order valence-electron chi connectivity index (χ1n) is 8.39. The Balaban J connectivity index is 2.02. The molecular formula is C22H25BrO. The van der Waals surface area contributed by atoms with E-state index >= 15 is 0 Å². The van der Waals surface area contributed by atoms with Crippen molar-refractivity contribution in [2.24, 2.45) is 5.92 Å². The lowest BCUT2D eigenvalue weighted by molar-refractivity contribution is 0.0391. The minimum absolute atomic E-state index is 0.0883. The van der Waals surface area contributed by atoms with E-state index in [4.69, 9.17) is 4.74 Å². The van der Waals surface area contributed by atoms with Gasteiger partial charge in [-0.05, 0) is 23.5 Å². The van der Waals surface area contributed by atoms with Crippen molar-refractivity contribution >= 4 is 22.0 Å². The van der Waals surface area contributed by atoms with E-state index < -0.39 is 0 Å². The van der Waals surface area contributed by atoms with Crippen LogP contribution in [0.4, 0.5) is 0 Å². The molecule has 1 nitrogen and oxygen atoms in total. The van der Waals surface area contributed by atoms with Crippen molar-refractivity contribution in [3.8, 4) is 0 Å². The first-order chi connectivity index (χ1) is 11.8. The highest BCUT2D eigenvalue weighted by Gasteiger charge is 2.14. The van der Waals surface area contributed by atoms with E-state index in [-0.39, 0.29) is 6.10 Å². The van der Waals surface area contributed by atoms with E-state index in [0.717, 1.165) is 11.8 Å². The lowest BCUT2D eigenvalue weighted by Gasteiger charge is -2.21. The highest BCUT2D eigenvalue weighted by atomic mass is 79.9. The predicted molar refractivity (Wildman–Crippen MR) is 107 cm³/mol. The molecular weight excluding hydrogens is 360 g/mol. The Morgan fingerprint density at radius 1 is 0.958 bits per heavy atom. The summed E-state index contributed by atoms with van der Waals surface area (Å²) in [5.74, 6) is 0.420. The van der Waals surface area contributed by atoms with Crippen molar-refractivity contribution < 1.29 is 4.74 Å². The van der Waals surface area contributed by atoms with Gasteiger partial charge in [0.1, 0.15) is 0 Å². The van der Waals surface area contributed by atoms with Gasteiger partial charge in [0.25, 0.3) is 0 Å². The van der Waals surface area contributed by atoms with E-state index in [1.54, 1.807) is 0 Å². The standard InChI is InChI=1S/C22H25BrO/c1-19(10-8-9-17-23)22(16-15-20-11-4-2-5-12-20)24-18-21-13-6-3-7-14-21/h2-9,11-16,19,22H,10,17-18H2,1H3/b9-8+,16-15+/t19?,22-/m0/s1. The normalized spacial score (nSPS) is 14.2. The van der Waals surface area contributed by atoms with Crippen molar-refractivity contribution in [2.75, 3.05) is 5.33 Å². The molecule has 2 aromatic carbocycles. The van der Waals surface area contributed by atoms with E-state index in [2.05, 4.69) is 95.7 Å². The largest absolute Gasteiger partial charge is 0.369 e. The quantitative estimate of drug-likeness (QED) is 0.366. The van der Waals surface area contributed by atoms with Crippen LogP contribution < -0.4 is 0 Å². The van der Waals surface area contributed by atoms with Gasteiger partial charge in [-0.3, -0.25) is 0 Å². The Morgan fingerprint density at radius 2 is 1.62 bits per heavy atom. The number of alkyl halides is 1. The monoisotopic (exact) mass is 384 g/mol. The topological polar surface area (TPSA) is 9.23 Å². The Bertz CT molecular complexity index is 619. The summed E-state index contributed by atoms with van der Waals surface area (Å²) in [5, 5.41) is 0.898. The molecule has 24 heavy (non-hydrogen) atoms. The molecule has 0 radical (unpaired) electrons. The van der Waals surface area contributed by atoms with E-state index in [9.17, 15) is 0 Å². The molecule has 0 saturated carbocycles. The Hall–Kier alpha value is -1.64. The average molecular weight is 385 g/mol. The molecule has 0 heterocycles. The second-order valence-corrected chi connectivity index (χ2v) is 6.52. The summed E-state index contributed by atoms with van der Waals surface area (Å²) in [4.78, 5) is 0.